The highest BCUT2D eigenvalue weighted by molar-refractivity contribution is 4.58. The van der Waals surface area contributed by atoms with Crippen molar-refractivity contribution >= 4 is 0 Å². The van der Waals surface area contributed by atoms with Gasteiger partial charge < -0.3 is 0 Å². The minimum absolute atomic E-state index is 1.50. The Morgan fingerprint density at radius 3 is 0.0506 bits per heavy atom. The van der Waals surface area contributed by atoms with Crippen LogP contribution in [0.1, 0.15) is 507 Å². The lowest BCUT2D eigenvalue weighted by molar-refractivity contribution is 0.506. The minimum Gasteiger partial charge on any atom is -0.0533 e. The second-order valence-corrected chi connectivity index (χ2v) is 27.9. The van der Waals surface area contributed by atoms with E-state index in [9.17, 15) is 0 Å². The third-order valence-electron chi connectivity index (χ3n) is 19.7. The molecule has 0 nitrogen and oxygen atoms in total. The van der Waals surface area contributed by atoms with Crippen LogP contribution in [0.4, 0.5) is 0 Å². The monoisotopic (exact) mass is 1110 g/mol. The summed E-state index contributed by atoms with van der Waals surface area (Å²) in [7, 11) is 0. The fraction of sp³-hybridized carbons (Fsp3) is 1.00. The van der Waals surface area contributed by atoms with E-state index in [0.29, 0.717) is 0 Å². The molecule has 0 aromatic carbocycles. The van der Waals surface area contributed by atoms with Crippen molar-refractivity contribution in [1.29, 1.82) is 0 Å². The molecule has 0 heterocycles. The third-order valence-corrected chi connectivity index (χ3v) is 19.7. The predicted molar refractivity (Wildman–Crippen MR) is 365 cm³/mol. The summed E-state index contributed by atoms with van der Waals surface area (Å²) in [6.45, 7) is 0. The van der Waals surface area contributed by atoms with Crippen LogP contribution in [0.3, 0.4) is 0 Å². The highest BCUT2D eigenvalue weighted by atomic mass is 14.1. The van der Waals surface area contributed by atoms with Crippen LogP contribution >= 0.6 is 0 Å². The van der Waals surface area contributed by atoms with Crippen molar-refractivity contribution in [2.45, 2.75) is 507 Å². The van der Waals surface area contributed by atoms with Gasteiger partial charge in [0.25, 0.3) is 0 Å². The van der Waals surface area contributed by atoms with E-state index in [1.807, 2.05) is 0 Å². The highest BCUT2D eigenvalue weighted by Crippen LogP contribution is 2.22. The van der Waals surface area contributed by atoms with Gasteiger partial charge in [0, 0.05) is 0 Å². The van der Waals surface area contributed by atoms with Gasteiger partial charge in [-0.2, -0.15) is 0 Å². The van der Waals surface area contributed by atoms with Gasteiger partial charge in [0.2, 0.25) is 0 Å². The quantitative estimate of drug-likeness (QED) is 0.227. The lowest BCUT2D eigenvalue weighted by Gasteiger charge is -2.05. The molecule has 1 saturated carbocycles. The molecular formula is C79H158. The average molecular weight is 1110 g/mol. The zero-order chi connectivity index (χ0) is 55.9. The van der Waals surface area contributed by atoms with Gasteiger partial charge in [-0.1, -0.05) is 507 Å². The van der Waals surface area contributed by atoms with E-state index < -0.39 is 0 Å². The van der Waals surface area contributed by atoms with Gasteiger partial charge in [-0.05, 0) is 0 Å². The fourth-order valence-corrected chi connectivity index (χ4v) is 14.0. The molecule has 0 aromatic rings. The van der Waals surface area contributed by atoms with Gasteiger partial charge in [0.1, 0.15) is 0 Å². The Hall–Kier alpha value is 0. The van der Waals surface area contributed by atoms with E-state index >= 15 is 0 Å². The normalized spacial score (nSPS) is 24.0. The van der Waals surface area contributed by atoms with Crippen LogP contribution in [-0.4, -0.2) is 0 Å². The van der Waals surface area contributed by atoms with Crippen molar-refractivity contribution < 1.29 is 0 Å². The SMILES string of the molecule is C1CCCCCCCCCCCCCCCCCCCCCCCCCCCCCCCCCCCCCCCCCCCCCCCCCCCCCCCCCCCCCCCCCCCCCCCCCCCCCC1. The molecule has 0 bridgehead atoms. The smallest absolute Gasteiger partial charge is 0.0533 e. The summed E-state index contributed by atoms with van der Waals surface area (Å²) in [6, 6.07) is 0. The molecule has 0 amide bonds. The van der Waals surface area contributed by atoms with Crippen molar-refractivity contribution in [2.24, 2.45) is 0 Å². The molecule has 474 valence electrons. The first-order chi connectivity index (χ1) is 39.5. The predicted octanol–water partition coefficient (Wildman–Crippen LogP) is 30.8. The molecule has 1 aliphatic rings. The summed E-state index contributed by atoms with van der Waals surface area (Å²) in [6.07, 6.45) is 118. The summed E-state index contributed by atoms with van der Waals surface area (Å²) in [4.78, 5) is 0. The third kappa shape index (κ3) is 72.2. The Kier molecular flexibility index (Phi) is 72.2. The summed E-state index contributed by atoms with van der Waals surface area (Å²) in [5, 5.41) is 0. The van der Waals surface area contributed by atoms with Crippen molar-refractivity contribution in [3.8, 4) is 0 Å². The molecule has 0 N–H and O–H groups in total. The first kappa shape index (κ1) is 77.0. The van der Waals surface area contributed by atoms with Gasteiger partial charge in [-0.3, -0.25) is 0 Å². The maximum Gasteiger partial charge on any atom is -0.0533 e. The van der Waals surface area contributed by atoms with E-state index in [1.54, 1.807) is 0 Å². The Balaban J connectivity index is 2.00. The van der Waals surface area contributed by atoms with Crippen molar-refractivity contribution in [3.05, 3.63) is 0 Å². The molecule has 0 radical (unpaired) electrons. The zero-order valence-corrected chi connectivity index (χ0v) is 55.9. The van der Waals surface area contributed by atoms with Crippen LogP contribution in [0, 0.1) is 0 Å². The summed E-state index contributed by atoms with van der Waals surface area (Å²) in [5.41, 5.74) is 0. The molecule has 79 heavy (non-hydrogen) atoms. The largest absolute Gasteiger partial charge is 0.0533 e. The van der Waals surface area contributed by atoms with E-state index in [-0.39, 0.29) is 0 Å². The van der Waals surface area contributed by atoms with Crippen LogP contribution in [-0.2, 0) is 0 Å². The Morgan fingerprint density at radius 1 is 0.0253 bits per heavy atom. The van der Waals surface area contributed by atoms with E-state index in [1.165, 1.54) is 507 Å². The Morgan fingerprint density at radius 2 is 0.0380 bits per heavy atom. The molecule has 0 aromatic heterocycles. The van der Waals surface area contributed by atoms with Crippen LogP contribution in [0.5, 0.6) is 0 Å². The van der Waals surface area contributed by atoms with Crippen LogP contribution in [0.2, 0.25) is 0 Å². The number of hydrogen-bond acceptors (Lipinski definition) is 0. The van der Waals surface area contributed by atoms with Crippen molar-refractivity contribution in [3.63, 3.8) is 0 Å². The molecule has 1 rings (SSSR count). The summed E-state index contributed by atoms with van der Waals surface area (Å²) in [5.74, 6) is 0. The first-order valence-electron chi connectivity index (χ1n) is 39.5. The molecule has 0 saturated heterocycles. The van der Waals surface area contributed by atoms with Gasteiger partial charge in [-0.15, -0.1) is 0 Å². The van der Waals surface area contributed by atoms with Crippen LogP contribution in [0.25, 0.3) is 0 Å². The van der Waals surface area contributed by atoms with Gasteiger partial charge in [0.05, 0.1) is 0 Å². The average Bonchev–Trinajstić information content (AvgIpc) is 3.46. The topological polar surface area (TPSA) is 0 Å². The lowest BCUT2D eigenvalue weighted by Crippen LogP contribution is -1.85. The standard InChI is InChI=1S/C79H158/c1-2-4-6-8-10-12-14-16-18-20-22-24-26-28-30-32-34-36-38-40-42-44-46-48-50-52-54-56-58-60-62-64-66-68-70-72-74-76-78-79-77-75-73-71-69-67-65-63-61-59-57-55-53-51-49-47-45-43-41-39-37-35-33-31-29-27-25-23-21-19-17-15-13-11-9-7-5-3-1/h1-79H2. The second kappa shape index (κ2) is 74.1. The van der Waals surface area contributed by atoms with Crippen molar-refractivity contribution in [1.82, 2.24) is 0 Å². The maximum absolute atomic E-state index is 1.50. The van der Waals surface area contributed by atoms with Gasteiger partial charge >= 0.3 is 0 Å². The molecule has 0 heteroatoms. The zero-order valence-electron chi connectivity index (χ0n) is 55.9. The molecule has 1 fully saturated rings. The number of hydrogen-bond donors (Lipinski definition) is 0. The second-order valence-electron chi connectivity index (χ2n) is 27.9. The molecule has 0 spiro atoms. The molecular weight excluding hydrogens is 949 g/mol. The maximum atomic E-state index is 1.50. The Bertz CT molecular complexity index is 498. The molecule has 0 aliphatic heterocycles. The molecule has 0 unspecified atom stereocenters. The van der Waals surface area contributed by atoms with Gasteiger partial charge in [0.15, 0.2) is 0 Å². The minimum atomic E-state index is 1.50. The van der Waals surface area contributed by atoms with Crippen LogP contribution in [0.15, 0.2) is 0 Å². The molecule has 1 aliphatic carbocycles. The summed E-state index contributed by atoms with van der Waals surface area (Å²) >= 11 is 0. The Labute approximate surface area is 504 Å². The molecule has 0 atom stereocenters. The van der Waals surface area contributed by atoms with Crippen LogP contribution < -0.4 is 0 Å². The van der Waals surface area contributed by atoms with Crippen molar-refractivity contribution in [2.75, 3.05) is 0 Å². The van der Waals surface area contributed by atoms with E-state index in [4.69, 9.17) is 0 Å². The lowest BCUT2D eigenvalue weighted by atomic mass is 10.0. The number of rotatable bonds is 0. The fourth-order valence-electron chi connectivity index (χ4n) is 14.0. The van der Waals surface area contributed by atoms with Gasteiger partial charge in [-0.25, -0.2) is 0 Å². The first-order valence-corrected chi connectivity index (χ1v) is 39.5. The van der Waals surface area contributed by atoms with E-state index in [2.05, 4.69) is 0 Å². The highest BCUT2D eigenvalue weighted by Gasteiger charge is 2.02. The van der Waals surface area contributed by atoms with E-state index in [0.717, 1.165) is 0 Å². The summed E-state index contributed by atoms with van der Waals surface area (Å²) < 4.78 is 0.